The van der Waals surface area contributed by atoms with E-state index in [0.717, 1.165) is 38.7 Å². The Kier molecular flexibility index (Phi) is 4.64. The van der Waals surface area contributed by atoms with E-state index in [0.29, 0.717) is 25.5 Å². The fraction of sp³-hybridized carbons (Fsp3) is 0.933. The van der Waals surface area contributed by atoms with Crippen LogP contribution in [0, 0.1) is 11.3 Å². The Morgan fingerprint density at radius 3 is 2.63 bits per heavy atom. The first-order chi connectivity index (χ1) is 9.11. The molecule has 2 aliphatic heterocycles. The summed E-state index contributed by atoms with van der Waals surface area (Å²) >= 11 is 0. The SMILES string of the molecule is CCC(CC)(CN)C(=O)C1CCOC2(CCOC2)C1. The van der Waals surface area contributed by atoms with Gasteiger partial charge in [0.1, 0.15) is 5.78 Å². The smallest absolute Gasteiger partial charge is 0.143 e. The lowest BCUT2D eigenvalue weighted by Crippen LogP contribution is -2.48. The largest absolute Gasteiger partial charge is 0.378 e. The minimum Gasteiger partial charge on any atom is -0.378 e. The molecular weight excluding hydrogens is 242 g/mol. The molecule has 2 saturated heterocycles. The van der Waals surface area contributed by atoms with Crippen LogP contribution >= 0.6 is 0 Å². The number of carbonyl (C=O) groups is 1. The van der Waals surface area contributed by atoms with Crippen molar-refractivity contribution in [3.8, 4) is 0 Å². The first-order valence-corrected chi connectivity index (χ1v) is 7.57. The lowest BCUT2D eigenvalue weighted by Gasteiger charge is -2.40. The highest BCUT2D eigenvalue weighted by Gasteiger charge is 2.46. The molecule has 1 spiro atoms. The van der Waals surface area contributed by atoms with Crippen molar-refractivity contribution in [3.63, 3.8) is 0 Å². The van der Waals surface area contributed by atoms with E-state index < -0.39 is 0 Å². The lowest BCUT2D eigenvalue weighted by atomic mass is 9.69. The molecule has 0 amide bonds. The standard InChI is InChI=1S/C15H27NO3/c1-3-14(4-2,10-16)13(17)12-5-7-19-15(9-12)6-8-18-11-15/h12H,3-11,16H2,1-2H3. The van der Waals surface area contributed by atoms with E-state index in [1.807, 2.05) is 0 Å². The predicted molar refractivity (Wildman–Crippen MR) is 73.9 cm³/mol. The minimum atomic E-state index is -0.331. The van der Waals surface area contributed by atoms with Gasteiger partial charge in [-0.1, -0.05) is 13.8 Å². The monoisotopic (exact) mass is 269 g/mol. The molecule has 2 heterocycles. The highest BCUT2D eigenvalue weighted by Crippen LogP contribution is 2.40. The molecule has 0 aromatic rings. The molecule has 19 heavy (non-hydrogen) atoms. The number of nitrogens with two attached hydrogens (primary N) is 1. The van der Waals surface area contributed by atoms with Gasteiger partial charge in [-0.05, 0) is 25.7 Å². The van der Waals surface area contributed by atoms with Crippen LogP contribution in [0.4, 0.5) is 0 Å². The quantitative estimate of drug-likeness (QED) is 0.828. The van der Waals surface area contributed by atoms with Crippen LogP contribution < -0.4 is 5.73 Å². The van der Waals surface area contributed by atoms with Crippen LogP contribution in [-0.4, -0.2) is 37.7 Å². The molecule has 2 rings (SSSR count). The van der Waals surface area contributed by atoms with Crippen LogP contribution in [0.25, 0.3) is 0 Å². The van der Waals surface area contributed by atoms with E-state index in [-0.39, 0.29) is 16.9 Å². The zero-order valence-corrected chi connectivity index (χ0v) is 12.2. The van der Waals surface area contributed by atoms with Gasteiger partial charge in [0.25, 0.3) is 0 Å². The van der Waals surface area contributed by atoms with Gasteiger partial charge in [-0.25, -0.2) is 0 Å². The lowest BCUT2D eigenvalue weighted by molar-refractivity contribution is -0.146. The third-order valence-electron chi connectivity index (χ3n) is 5.20. The molecule has 0 saturated carbocycles. The van der Waals surface area contributed by atoms with Gasteiger partial charge in [0.2, 0.25) is 0 Å². The summed E-state index contributed by atoms with van der Waals surface area (Å²) in [7, 11) is 0. The van der Waals surface area contributed by atoms with Crippen LogP contribution in [0.3, 0.4) is 0 Å². The highest BCUT2D eigenvalue weighted by atomic mass is 16.6. The van der Waals surface area contributed by atoms with Gasteiger partial charge in [0.15, 0.2) is 0 Å². The second-order valence-corrected chi connectivity index (χ2v) is 6.08. The van der Waals surface area contributed by atoms with Gasteiger partial charge in [0, 0.05) is 37.5 Å². The summed E-state index contributed by atoms with van der Waals surface area (Å²) < 4.78 is 11.4. The zero-order valence-electron chi connectivity index (χ0n) is 12.2. The molecule has 0 aliphatic carbocycles. The molecule has 2 unspecified atom stereocenters. The van der Waals surface area contributed by atoms with Crippen molar-refractivity contribution in [1.82, 2.24) is 0 Å². The van der Waals surface area contributed by atoms with E-state index in [1.54, 1.807) is 0 Å². The fourth-order valence-electron chi connectivity index (χ4n) is 3.54. The Morgan fingerprint density at radius 1 is 1.37 bits per heavy atom. The predicted octanol–water partition coefficient (Wildman–Crippen LogP) is 1.91. The second kappa shape index (κ2) is 5.90. The number of ether oxygens (including phenoxy) is 2. The van der Waals surface area contributed by atoms with Gasteiger partial charge in [0.05, 0.1) is 12.2 Å². The summed E-state index contributed by atoms with van der Waals surface area (Å²) in [6, 6.07) is 0. The number of ketones is 1. The number of hydrogen-bond donors (Lipinski definition) is 1. The van der Waals surface area contributed by atoms with Gasteiger partial charge < -0.3 is 15.2 Å². The summed E-state index contributed by atoms with van der Waals surface area (Å²) in [4.78, 5) is 12.9. The van der Waals surface area contributed by atoms with E-state index in [4.69, 9.17) is 15.2 Å². The zero-order chi connectivity index (χ0) is 13.9. The van der Waals surface area contributed by atoms with E-state index >= 15 is 0 Å². The van der Waals surface area contributed by atoms with Crippen LogP contribution in [0.2, 0.25) is 0 Å². The minimum absolute atomic E-state index is 0.0962. The molecule has 0 aromatic heterocycles. The molecule has 4 heteroatoms. The highest BCUT2D eigenvalue weighted by molar-refractivity contribution is 5.87. The van der Waals surface area contributed by atoms with Crippen LogP contribution in [0.5, 0.6) is 0 Å². The number of Topliss-reactive ketones (excluding diaryl/α,β-unsaturated/α-hetero) is 1. The Morgan fingerprint density at radius 2 is 2.11 bits per heavy atom. The Hall–Kier alpha value is -0.450. The topological polar surface area (TPSA) is 61.6 Å². The number of hydrogen-bond acceptors (Lipinski definition) is 4. The summed E-state index contributed by atoms with van der Waals surface area (Å²) in [5, 5.41) is 0. The average molecular weight is 269 g/mol. The van der Waals surface area contributed by atoms with Gasteiger partial charge >= 0.3 is 0 Å². The fourth-order valence-corrected chi connectivity index (χ4v) is 3.54. The first kappa shape index (κ1) is 14.9. The molecule has 2 fully saturated rings. The number of rotatable bonds is 5. The third kappa shape index (κ3) is 2.71. The van der Waals surface area contributed by atoms with Gasteiger partial charge in [-0.3, -0.25) is 4.79 Å². The van der Waals surface area contributed by atoms with Gasteiger partial charge in [-0.15, -0.1) is 0 Å². The molecule has 2 N–H and O–H groups in total. The Balaban J connectivity index is 2.10. The van der Waals surface area contributed by atoms with Crippen molar-refractivity contribution in [2.24, 2.45) is 17.1 Å². The first-order valence-electron chi connectivity index (χ1n) is 7.57. The van der Waals surface area contributed by atoms with Crippen molar-refractivity contribution < 1.29 is 14.3 Å². The molecule has 110 valence electrons. The van der Waals surface area contributed by atoms with Crippen molar-refractivity contribution in [2.75, 3.05) is 26.4 Å². The number of carbonyl (C=O) groups excluding carboxylic acids is 1. The molecule has 2 atom stereocenters. The van der Waals surface area contributed by atoms with Crippen molar-refractivity contribution >= 4 is 5.78 Å². The molecule has 0 bridgehead atoms. The van der Waals surface area contributed by atoms with E-state index in [9.17, 15) is 4.79 Å². The van der Waals surface area contributed by atoms with Crippen LogP contribution in [-0.2, 0) is 14.3 Å². The third-order valence-corrected chi connectivity index (χ3v) is 5.20. The maximum atomic E-state index is 12.9. The molecular formula is C15H27NO3. The van der Waals surface area contributed by atoms with E-state index in [1.165, 1.54) is 0 Å². The summed E-state index contributed by atoms with van der Waals surface area (Å²) in [5.41, 5.74) is 5.38. The molecule has 0 aromatic carbocycles. The molecule has 0 radical (unpaired) electrons. The maximum Gasteiger partial charge on any atom is 0.143 e. The second-order valence-electron chi connectivity index (χ2n) is 6.08. The molecule has 2 aliphatic rings. The Labute approximate surface area is 116 Å². The summed E-state index contributed by atoms with van der Waals surface area (Å²) in [6.45, 7) is 6.67. The Bertz CT molecular complexity index is 311. The van der Waals surface area contributed by atoms with Gasteiger partial charge in [-0.2, -0.15) is 0 Å². The summed E-state index contributed by atoms with van der Waals surface area (Å²) in [5.74, 6) is 0.452. The van der Waals surface area contributed by atoms with Crippen LogP contribution in [0.1, 0.15) is 46.0 Å². The van der Waals surface area contributed by atoms with Crippen molar-refractivity contribution in [2.45, 2.75) is 51.6 Å². The normalized spacial score (nSPS) is 31.8. The average Bonchev–Trinajstić information content (AvgIpc) is 2.89. The van der Waals surface area contributed by atoms with Crippen molar-refractivity contribution in [1.29, 1.82) is 0 Å². The summed E-state index contributed by atoms with van der Waals surface area (Å²) in [6.07, 6.45) is 4.24. The maximum absolute atomic E-state index is 12.9. The van der Waals surface area contributed by atoms with E-state index in [2.05, 4.69) is 13.8 Å². The van der Waals surface area contributed by atoms with Crippen LogP contribution in [0.15, 0.2) is 0 Å². The van der Waals surface area contributed by atoms with Crippen molar-refractivity contribution in [3.05, 3.63) is 0 Å². The molecule has 4 nitrogen and oxygen atoms in total.